The molecule has 0 aromatic heterocycles. The third-order valence-corrected chi connectivity index (χ3v) is 0. The molecule has 0 radical (unpaired) electrons. The summed E-state index contributed by atoms with van der Waals surface area (Å²) in [5.41, 5.74) is 0. The van der Waals surface area contributed by atoms with Gasteiger partial charge in [-0.1, -0.05) is 0 Å². The topological polar surface area (TPSA) is 57.5 Å². The summed E-state index contributed by atoms with van der Waals surface area (Å²) in [6.45, 7) is 0. The molecule has 0 aliphatic heterocycles. The Labute approximate surface area is 74.1 Å². The van der Waals surface area contributed by atoms with Gasteiger partial charge < -0.3 is 2.85 Å². The SMILES string of the molecule is O=P(O)(O)F.[H-].[H-].[Sr+2]. The fourth-order valence-corrected chi connectivity index (χ4v) is 0. The van der Waals surface area contributed by atoms with Crippen LogP contribution in [-0.4, -0.2) is 55.3 Å². The Morgan fingerprint density at radius 1 is 1.67 bits per heavy atom. The zero-order valence-corrected chi connectivity index (χ0v) is 7.21. The molecule has 36 valence electrons. The zero-order valence-electron chi connectivity index (χ0n) is 4.83. The largest absolute Gasteiger partial charge is 2.00 e. The van der Waals surface area contributed by atoms with Gasteiger partial charge in [0.1, 0.15) is 0 Å². The molecule has 0 saturated heterocycles. The van der Waals surface area contributed by atoms with Crippen molar-refractivity contribution in [3.63, 3.8) is 0 Å². The molecule has 0 amide bonds. The molecule has 6 heavy (non-hydrogen) atoms. The van der Waals surface area contributed by atoms with E-state index >= 15 is 0 Å². The van der Waals surface area contributed by atoms with Gasteiger partial charge >= 0.3 is 53.4 Å². The second-order valence-corrected chi connectivity index (χ2v) is 1.42. The number of hydrogen-bond donors (Lipinski definition) is 2. The molecule has 0 heterocycles. The van der Waals surface area contributed by atoms with Gasteiger partial charge in [-0.15, -0.1) is 4.20 Å². The summed E-state index contributed by atoms with van der Waals surface area (Å²) in [6, 6.07) is 0. The molecule has 0 aromatic rings. The average Bonchev–Trinajstić information content (AvgIpc) is 0.722. The van der Waals surface area contributed by atoms with E-state index in [0.29, 0.717) is 0 Å². The normalized spacial score (nSPS) is 9.83. The fourth-order valence-electron chi connectivity index (χ4n) is 0. The Morgan fingerprint density at radius 3 is 1.67 bits per heavy atom. The van der Waals surface area contributed by atoms with Crippen molar-refractivity contribution >= 4 is 53.4 Å². The Balaban J connectivity index is -0.0000000267. The van der Waals surface area contributed by atoms with Crippen LogP contribution in [0.1, 0.15) is 2.85 Å². The molecule has 3 nitrogen and oxygen atoms in total. The standard InChI is InChI=1S/FH2O3P.Sr.2H/c1-5(2,3)4;;;/h(H2,2,3,4);;;/q;+2;2*-1. The summed E-state index contributed by atoms with van der Waals surface area (Å²) in [4.78, 5) is 13.9. The van der Waals surface area contributed by atoms with E-state index < -0.39 is 7.91 Å². The van der Waals surface area contributed by atoms with E-state index in [2.05, 4.69) is 0 Å². The summed E-state index contributed by atoms with van der Waals surface area (Å²) in [7, 11) is -5.14. The minimum absolute atomic E-state index is 0. The Kier molecular flexibility index (Phi) is 6.22. The van der Waals surface area contributed by atoms with Crippen LogP contribution in [0.3, 0.4) is 0 Å². The minimum atomic E-state index is -5.14. The zero-order chi connectivity index (χ0) is 4.50. The summed E-state index contributed by atoms with van der Waals surface area (Å²) in [5, 5.41) is 0. The van der Waals surface area contributed by atoms with Gasteiger partial charge in [-0.3, -0.25) is 9.79 Å². The molecule has 0 unspecified atom stereocenters. The van der Waals surface area contributed by atoms with Crippen LogP contribution in [-0.2, 0) is 4.57 Å². The van der Waals surface area contributed by atoms with Crippen molar-refractivity contribution in [2.24, 2.45) is 0 Å². The molecular weight excluding hydrogens is 186 g/mol. The summed E-state index contributed by atoms with van der Waals surface area (Å²) in [6.07, 6.45) is 0. The quantitative estimate of drug-likeness (QED) is 0.413. The second kappa shape index (κ2) is 3.55. The molecule has 0 rings (SSSR count). The van der Waals surface area contributed by atoms with Crippen LogP contribution >= 0.6 is 7.91 Å². The monoisotopic (exact) mass is 190 g/mol. The van der Waals surface area contributed by atoms with Crippen molar-refractivity contribution < 1.29 is 21.4 Å². The molecule has 0 aliphatic rings. The van der Waals surface area contributed by atoms with E-state index in [4.69, 9.17) is 14.4 Å². The van der Waals surface area contributed by atoms with Crippen molar-refractivity contribution in [1.82, 2.24) is 0 Å². The van der Waals surface area contributed by atoms with Crippen LogP contribution in [0.2, 0.25) is 0 Å². The third kappa shape index (κ3) is 47.5. The molecule has 6 heteroatoms. The summed E-state index contributed by atoms with van der Waals surface area (Å²) >= 11 is 0. The maximum atomic E-state index is 10.4. The molecule has 0 spiro atoms. The molecular formula is H4FO3PSr. The van der Waals surface area contributed by atoms with Crippen LogP contribution in [0.25, 0.3) is 0 Å². The predicted octanol–water partition coefficient (Wildman–Crippen LogP) is -0.107. The first-order valence-electron chi connectivity index (χ1n) is 0.752. The first-order valence-corrected chi connectivity index (χ1v) is 2.25. The van der Waals surface area contributed by atoms with Crippen molar-refractivity contribution in [1.29, 1.82) is 0 Å². The molecule has 0 fully saturated rings. The van der Waals surface area contributed by atoms with E-state index in [1.54, 1.807) is 0 Å². The first kappa shape index (κ1) is 10.5. The van der Waals surface area contributed by atoms with E-state index in [1.807, 2.05) is 0 Å². The maximum Gasteiger partial charge on any atom is 2.00 e. The first-order chi connectivity index (χ1) is 2.00. The van der Waals surface area contributed by atoms with Gasteiger partial charge in [-0.25, -0.2) is 4.57 Å². The van der Waals surface area contributed by atoms with E-state index in [9.17, 15) is 4.20 Å². The van der Waals surface area contributed by atoms with E-state index in [-0.39, 0.29) is 48.3 Å². The van der Waals surface area contributed by atoms with Crippen LogP contribution < -0.4 is 0 Å². The average molecular weight is 190 g/mol. The summed E-state index contributed by atoms with van der Waals surface area (Å²) in [5.74, 6) is 0. The Bertz CT molecular complexity index is 63.4. The van der Waals surface area contributed by atoms with Crippen molar-refractivity contribution in [3.05, 3.63) is 0 Å². The van der Waals surface area contributed by atoms with E-state index in [0.717, 1.165) is 0 Å². The number of halogens is 1. The van der Waals surface area contributed by atoms with Crippen LogP contribution in [0, 0.1) is 0 Å². The molecule has 0 saturated carbocycles. The molecule has 2 N–H and O–H groups in total. The van der Waals surface area contributed by atoms with Crippen molar-refractivity contribution in [2.75, 3.05) is 0 Å². The van der Waals surface area contributed by atoms with Crippen LogP contribution in [0.15, 0.2) is 0 Å². The second-order valence-electron chi connectivity index (χ2n) is 0.473. The predicted molar refractivity (Wildman–Crippen MR) is 21.1 cm³/mol. The molecule has 0 aromatic carbocycles. The van der Waals surface area contributed by atoms with Crippen molar-refractivity contribution in [2.45, 2.75) is 0 Å². The van der Waals surface area contributed by atoms with Gasteiger partial charge in [0.2, 0.25) is 0 Å². The van der Waals surface area contributed by atoms with Gasteiger partial charge in [0.25, 0.3) is 0 Å². The Morgan fingerprint density at radius 2 is 1.67 bits per heavy atom. The minimum Gasteiger partial charge on any atom is -1.00 e. The van der Waals surface area contributed by atoms with Crippen LogP contribution in [0.5, 0.6) is 0 Å². The van der Waals surface area contributed by atoms with Gasteiger partial charge in [0.15, 0.2) is 0 Å². The Hall–Kier alpha value is 1.56. The fraction of sp³-hybridized carbons (Fsp3) is 0. The van der Waals surface area contributed by atoms with Gasteiger partial charge in [0.05, 0.1) is 0 Å². The smallest absolute Gasteiger partial charge is 1.00 e. The summed E-state index contributed by atoms with van der Waals surface area (Å²) < 4.78 is 19.0. The maximum absolute atomic E-state index is 10.4. The molecule has 0 bridgehead atoms. The van der Waals surface area contributed by atoms with Gasteiger partial charge in [-0.05, 0) is 0 Å². The molecule has 0 aliphatic carbocycles. The molecule has 0 atom stereocenters. The third-order valence-electron chi connectivity index (χ3n) is 0. The van der Waals surface area contributed by atoms with E-state index in [1.165, 1.54) is 0 Å². The van der Waals surface area contributed by atoms with Gasteiger partial charge in [-0.2, -0.15) is 0 Å². The van der Waals surface area contributed by atoms with Crippen LogP contribution in [0.4, 0.5) is 4.20 Å². The number of rotatable bonds is 0. The van der Waals surface area contributed by atoms with Gasteiger partial charge in [0, 0.05) is 0 Å². The van der Waals surface area contributed by atoms with Crippen molar-refractivity contribution in [3.8, 4) is 0 Å². The number of hydrogen-bond acceptors (Lipinski definition) is 1.